The predicted octanol–water partition coefficient (Wildman–Crippen LogP) is 3.19. The van der Waals surface area contributed by atoms with E-state index < -0.39 is 0 Å². The van der Waals surface area contributed by atoms with E-state index in [9.17, 15) is 4.39 Å². The maximum atomic E-state index is 13.0. The number of hydrogen-bond donors (Lipinski definition) is 1. The molecule has 110 valence electrons. The molecule has 22 heavy (non-hydrogen) atoms. The molecule has 0 aliphatic heterocycles. The summed E-state index contributed by atoms with van der Waals surface area (Å²) < 4.78 is 14.5. The molecule has 0 amide bonds. The van der Waals surface area contributed by atoms with Crippen LogP contribution in [0, 0.1) is 12.7 Å². The number of aromatic nitrogens is 4. The summed E-state index contributed by atoms with van der Waals surface area (Å²) >= 11 is 0. The van der Waals surface area contributed by atoms with Crippen LogP contribution in [-0.4, -0.2) is 20.2 Å². The Bertz CT molecular complexity index is 775. The summed E-state index contributed by atoms with van der Waals surface area (Å²) in [5, 5.41) is 14.6. The molecule has 1 heterocycles. The normalized spacial score (nSPS) is 11.0. The number of hydrogen-bond acceptors (Lipinski definition) is 4. The quantitative estimate of drug-likeness (QED) is 0.803. The predicted molar refractivity (Wildman–Crippen MR) is 82.9 cm³/mol. The van der Waals surface area contributed by atoms with Crippen molar-refractivity contribution in [2.75, 3.05) is 5.32 Å². The van der Waals surface area contributed by atoms with E-state index in [2.05, 4.69) is 20.8 Å². The Kier molecular flexibility index (Phi) is 3.91. The van der Waals surface area contributed by atoms with Crippen molar-refractivity contribution in [1.82, 2.24) is 20.2 Å². The molecule has 0 saturated heterocycles. The molecule has 0 spiro atoms. The highest BCUT2D eigenvalue weighted by molar-refractivity contribution is 5.52. The Morgan fingerprint density at radius 1 is 1.05 bits per heavy atom. The van der Waals surface area contributed by atoms with Gasteiger partial charge in [0.05, 0.1) is 5.69 Å². The first-order valence-corrected chi connectivity index (χ1v) is 6.76. The Labute approximate surface area is 127 Å². The van der Waals surface area contributed by atoms with Crippen molar-refractivity contribution >= 4 is 11.8 Å². The van der Waals surface area contributed by atoms with Crippen molar-refractivity contribution in [1.29, 1.82) is 0 Å². The van der Waals surface area contributed by atoms with Crippen LogP contribution in [0.4, 0.5) is 10.1 Å². The number of aryl methyl sites for hydroxylation is 1. The second-order valence-corrected chi connectivity index (χ2v) is 4.77. The lowest BCUT2D eigenvalue weighted by Crippen LogP contribution is -2.00. The fraction of sp³-hybridized carbons (Fsp3) is 0.0625. The number of benzene rings is 2. The first-order chi connectivity index (χ1) is 10.7. The molecule has 0 aliphatic carbocycles. The zero-order chi connectivity index (χ0) is 15.4. The highest BCUT2D eigenvalue weighted by Gasteiger charge is 2.05. The number of tetrazole rings is 1. The smallest absolute Gasteiger partial charge is 0.181 e. The van der Waals surface area contributed by atoms with Crippen LogP contribution in [-0.2, 0) is 0 Å². The molecule has 0 atom stereocenters. The van der Waals surface area contributed by atoms with E-state index in [-0.39, 0.29) is 5.82 Å². The van der Waals surface area contributed by atoms with Crippen LogP contribution in [0.15, 0.2) is 54.7 Å². The van der Waals surface area contributed by atoms with E-state index >= 15 is 0 Å². The van der Waals surface area contributed by atoms with Crippen molar-refractivity contribution in [2.45, 2.75) is 6.92 Å². The van der Waals surface area contributed by atoms with E-state index in [4.69, 9.17) is 0 Å². The van der Waals surface area contributed by atoms with Crippen molar-refractivity contribution in [3.63, 3.8) is 0 Å². The average molecular weight is 295 g/mol. The van der Waals surface area contributed by atoms with Gasteiger partial charge in [0.25, 0.3) is 0 Å². The van der Waals surface area contributed by atoms with Crippen LogP contribution in [0.25, 0.3) is 11.8 Å². The fourth-order valence-corrected chi connectivity index (χ4v) is 1.93. The Hall–Kier alpha value is -3.02. The van der Waals surface area contributed by atoms with Gasteiger partial charge in [-0.05, 0) is 53.7 Å². The van der Waals surface area contributed by atoms with Gasteiger partial charge < -0.3 is 5.32 Å². The lowest BCUT2D eigenvalue weighted by atomic mass is 10.2. The molecule has 5 nitrogen and oxygen atoms in total. The van der Waals surface area contributed by atoms with Gasteiger partial charge in [0, 0.05) is 18.0 Å². The zero-order valence-corrected chi connectivity index (χ0v) is 11.9. The van der Waals surface area contributed by atoms with Crippen molar-refractivity contribution in [3.8, 4) is 5.69 Å². The number of halogens is 1. The van der Waals surface area contributed by atoms with Crippen LogP contribution < -0.4 is 5.32 Å². The molecule has 0 radical (unpaired) electrons. The summed E-state index contributed by atoms with van der Waals surface area (Å²) in [5.41, 5.74) is 2.87. The number of rotatable bonds is 4. The monoisotopic (exact) mass is 295 g/mol. The Morgan fingerprint density at radius 3 is 2.50 bits per heavy atom. The van der Waals surface area contributed by atoms with Gasteiger partial charge in [-0.3, -0.25) is 0 Å². The van der Waals surface area contributed by atoms with E-state index in [0.29, 0.717) is 11.5 Å². The van der Waals surface area contributed by atoms with Crippen molar-refractivity contribution in [2.24, 2.45) is 0 Å². The average Bonchev–Trinajstić information content (AvgIpc) is 2.98. The maximum Gasteiger partial charge on any atom is 0.181 e. The molecule has 2 aromatic carbocycles. The van der Waals surface area contributed by atoms with E-state index in [1.807, 2.05) is 31.2 Å². The topological polar surface area (TPSA) is 55.6 Å². The van der Waals surface area contributed by atoms with Gasteiger partial charge >= 0.3 is 0 Å². The highest BCUT2D eigenvalue weighted by atomic mass is 19.1. The summed E-state index contributed by atoms with van der Waals surface area (Å²) in [6.07, 6.45) is 3.51. The molecule has 0 bridgehead atoms. The Morgan fingerprint density at radius 2 is 1.77 bits per heavy atom. The molecule has 1 N–H and O–H groups in total. The van der Waals surface area contributed by atoms with E-state index in [1.165, 1.54) is 22.4 Å². The fourth-order valence-electron chi connectivity index (χ4n) is 1.93. The van der Waals surface area contributed by atoms with Crippen molar-refractivity contribution < 1.29 is 4.39 Å². The van der Waals surface area contributed by atoms with Gasteiger partial charge in [-0.25, -0.2) is 4.39 Å². The Balaban J connectivity index is 1.76. The lowest BCUT2D eigenvalue weighted by molar-refractivity contribution is 0.626. The second-order valence-electron chi connectivity index (χ2n) is 4.77. The third-order valence-corrected chi connectivity index (χ3v) is 3.10. The lowest BCUT2D eigenvalue weighted by Gasteiger charge is -2.02. The minimum Gasteiger partial charge on any atom is -0.362 e. The van der Waals surface area contributed by atoms with Crippen LogP contribution in [0.3, 0.4) is 0 Å². The van der Waals surface area contributed by atoms with Crippen LogP contribution in [0.5, 0.6) is 0 Å². The first-order valence-electron chi connectivity index (χ1n) is 6.76. The van der Waals surface area contributed by atoms with E-state index in [0.717, 1.165) is 5.69 Å². The van der Waals surface area contributed by atoms with Crippen molar-refractivity contribution in [3.05, 3.63) is 71.9 Å². The molecule has 3 aromatic rings. The van der Waals surface area contributed by atoms with Gasteiger partial charge in [0.2, 0.25) is 0 Å². The van der Waals surface area contributed by atoms with Crippen LogP contribution >= 0.6 is 0 Å². The number of nitrogens with one attached hydrogen (secondary N) is 1. The maximum absolute atomic E-state index is 13.0. The largest absolute Gasteiger partial charge is 0.362 e. The molecular weight excluding hydrogens is 281 g/mol. The minimum absolute atomic E-state index is 0.296. The van der Waals surface area contributed by atoms with Gasteiger partial charge in [0.15, 0.2) is 5.82 Å². The zero-order valence-electron chi connectivity index (χ0n) is 11.9. The summed E-state index contributed by atoms with van der Waals surface area (Å²) in [4.78, 5) is 0. The van der Waals surface area contributed by atoms with Crippen LogP contribution in [0.1, 0.15) is 11.4 Å². The second kappa shape index (κ2) is 6.17. The van der Waals surface area contributed by atoms with Gasteiger partial charge in [-0.2, -0.15) is 4.68 Å². The summed E-state index contributed by atoms with van der Waals surface area (Å²) in [6, 6.07) is 14.0. The summed E-state index contributed by atoms with van der Waals surface area (Å²) in [5.74, 6) is 0.251. The van der Waals surface area contributed by atoms with Gasteiger partial charge in [-0.15, -0.1) is 5.10 Å². The number of nitrogens with zero attached hydrogens (tertiary/aromatic N) is 4. The highest BCUT2D eigenvalue weighted by Crippen LogP contribution is 2.11. The van der Waals surface area contributed by atoms with Gasteiger partial charge in [0.1, 0.15) is 5.82 Å². The summed E-state index contributed by atoms with van der Waals surface area (Å²) in [7, 11) is 0. The molecule has 0 saturated carbocycles. The molecule has 1 aromatic heterocycles. The summed E-state index contributed by atoms with van der Waals surface area (Å²) in [6.45, 7) is 2.04. The van der Waals surface area contributed by atoms with E-state index in [1.54, 1.807) is 24.4 Å². The van der Waals surface area contributed by atoms with Crippen LogP contribution in [0.2, 0.25) is 0 Å². The first kappa shape index (κ1) is 13.9. The molecular formula is C16H14FN5. The SMILES string of the molecule is Cc1ccc(N/C=C\c2nnnn2-c2ccc(F)cc2)cc1. The third kappa shape index (κ3) is 3.17. The molecule has 0 aliphatic rings. The minimum atomic E-state index is -0.296. The molecule has 3 rings (SSSR count). The molecule has 0 unspecified atom stereocenters. The molecule has 0 fully saturated rings. The van der Waals surface area contributed by atoms with Gasteiger partial charge in [-0.1, -0.05) is 17.7 Å². The number of anilines is 1. The third-order valence-electron chi connectivity index (χ3n) is 3.10. The standard InChI is InChI=1S/C16H14FN5/c1-12-2-6-14(7-3-12)18-11-10-16-19-20-21-22(16)15-8-4-13(17)5-9-15/h2-11,18H,1H3/b11-10-. The molecule has 6 heteroatoms.